The summed E-state index contributed by atoms with van der Waals surface area (Å²) in [5.74, 6) is 0.268. The van der Waals surface area contributed by atoms with E-state index in [9.17, 15) is 45.5 Å². The molecule has 2 aromatic heterocycles. The van der Waals surface area contributed by atoms with Crippen LogP contribution in [0.15, 0.2) is 132 Å². The van der Waals surface area contributed by atoms with Gasteiger partial charge in [-0.2, -0.15) is 26.3 Å². The standard InChI is InChI=1S/2C36H34F3N3O5S/c2*1-20-13-24(16-25(14-20)36(37,38)39)31-35(11-6-12-35)42(34(44)47-31)19-29-28(18-40-33(41-29)48-5)27-17-22(8-10-30(27)45-3)26-9-7-23(15-21(26)2)32(43)46-4/h2*7-10,13-18,31H,6,11-12,19H2,1-5H3/t2*31-/m10/s1. The molecule has 12 rings (SSSR count). The lowest BCUT2D eigenvalue weighted by molar-refractivity contribution is -0.138. The number of rotatable bonds is 16. The number of nitrogens with zero attached hydrogens (tertiary/aromatic N) is 6. The smallest absolute Gasteiger partial charge is 0.416 e. The van der Waals surface area contributed by atoms with Crippen molar-refractivity contribution in [2.75, 3.05) is 41.0 Å². The molecule has 2 aliphatic heterocycles. The van der Waals surface area contributed by atoms with Crippen LogP contribution in [0.25, 0.3) is 44.5 Å². The van der Waals surface area contributed by atoms with E-state index in [1.165, 1.54) is 37.7 Å². The topological polar surface area (TPSA) is 182 Å². The molecule has 0 bridgehead atoms. The number of methoxy groups -OCH3 is 4. The van der Waals surface area contributed by atoms with Crippen LogP contribution in [0, 0.1) is 27.7 Å². The van der Waals surface area contributed by atoms with Gasteiger partial charge in [0.15, 0.2) is 22.5 Å². The predicted octanol–water partition coefficient (Wildman–Crippen LogP) is 17.2. The second kappa shape index (κ2) is 27.2. The van der Waals surface area contributed by atoms with E-state index < -0.39 is 70.9 Å². The number of thioether (sulfide) groups is 2. The Labute approximate surface area is 559 Å². The highest BCUT2D eigenvalue weighted by Gasteiger charge is 2.60. The maximum absolute atomic E-state index is 13.8. The van der Waals surface area contributed by atoms with E-state index in [4.69, 9.17) is 38.4 Å². The number of halogens is 6. The summed E-state index contributed by atoms with van der Waals surface area (Å²) < 4.78 is 116. The number of aryl methyl sites for hydroxylation is 4. The Morgan fingerprint density at radius 2 is 0.906 bits per heavy atom. The maximum Gasteiger partial charge on any atom is 0.416 e. The number of benzene rings is 6. The molecule has 4 aliphatic rings. The van der Waals surface area contributed by atoms with Crippen LogP contribution in [0.3, 0.4) is 0 Å². The summed E-state index contributed by atoms with van der Waals surface area (Å²) in [6.07, 6.45) is -0.977. The number of cyclic esters (lactones) is 2. The Bertz CT molecular complexity index is 4100. The molecule has 4 heterocycles. The fraction of sp³-hybridized carbons (Fsp3) is 0.333. The minimum absolute atomic E-state index is 0.0545. The van der Waals surface area contributed by atoms with Crippen molar-refractivity contribution in [1.82, 2.24) is 29.7 Å². The average Bonchev–Trinajstić information content (AvgIpc) is 1.56. The van der Waals surface area contributed by atoms with E-state index in [2.05, 4.69) is 9.97 Å². The van der Waals surface area contributed by atoms with Gasteiger partial charge in [0, 0.05) is 34.6 Å². The van der Waals surface area contributed by atoms with Gasteiger partial charge < -0.3 is 28.4 Å². The first-order chi connectivity index (χ1) is 45.8. The number of amides is 2. The first-order valence-corrected chi connectivity index (χ1v) is 33.1. The third-order valence-corrected chi connectivity index (χ3v) is 19.5. The van der Waals surface area contributed by atoms with Crippen molar-refractivity contribution in [1.29, 1.82) is 0 Å². The van der Waals surface area contributed by atoms with Crippen molar-refractivity contribution in [3.05, 3.63) is 189 Å². The summed E-state index contributed by atoms with van der Waals surface area (Å²) in [7, 11) is 5.80. The Morgan fingerprint density at radius 1 is 0.521 bits per heavy atom. The third kappa shape index (κ3) is 13.2. The Morgan fingerprint density at radius 3 is 1.22 bits per heavy atom. The number of ether oxygens (including phenoxy) is 6. The number of carbonyl (C=O) groups is 4. The zero-order valence-corrected chi connectivity index (χ0v) is 55.8. The highest BCUT2D eigenvalue weighted by Crippen LogP contribution is 2.56. The molecular weight excluding hydrogens is 1290 g/mol. The maximum atomic E-state index is 13.8. The van der Waals surface area contributed by atoms with Crippen LogP contribution in [0.5, 0.6) is 11.5 Å². The van der Waals surface area contributed by atoms with E-state index in [1.54, 1.807) is 86.7 Å². The Kier molecular flexibility index (Phi) is 19.3. The molecule has 2 saturated heterocycles. The van der Waals surface area contributed by atoms with Crippen LogP contribution in [-0.2, 0) is 44.4 Å². The normalized spacial score (nSPS) is 16.9. The lowest BCUT2D eigenvalue weighted by Crippen LogP contribution is -2.53. The molecule has 2 saturated carbocycles. The molecule has 2 aliphatic carbocycles. The predicted molar refractivity (Wildman–Crippen MR) is 350 cm³/mol. The summed E-state index contributed by atoms with van der Waals surface area (Å²) >= 11 is 2.71. The highest BCUT2D eigenvalue weighted by molar-refractivity contribution is 7.98. The quantitative estimate of drug-likeness (QED) is 0.0293. The summed E-state index contributed by atoms with van der Waals surface area (Å²) in [6.45, 7) is 7.14. The van der Waals surface area contributed by atoms with Gasteiger partial charge in [-0.1, -0.05) is 71.0 Å². The van der Waals surface area contributed by atoms with Crippen molar-refractivity contribution in [3.8, 4) is 56.0 Å². The molecule has 24 heteroatoms. The van der Waals surface area contributed by atoms with Gasteiger partial charge in [0.05, 0.1) is 86.2 Å². The molecule has 6 aromatic carbocycles. The number of esters is 2. The number of aromatic nitrogens is 4. The van der Waals surface area contributed by atoms with E-state index in [1.807, 2.05) is 74.9 Å². The third-order valence-electron chi connectivity index (χ3n) is 18.4. The molecule has 2 spiro atoms. The van der Waals surface area contributed by atoms with Gasteiger partial charge in [0.1, 0.15) is 11.5 Å². The zero-order chi connectivity index (χ0) is 68.8. The first-order valence-electron chi connectivity index (χ1n) is 30.7. The number of hydrogen-bond acceptors (Lipinski definition) is 16. The van der Waals surface area contributed by atoms with Crippen LogP contribution < -0.4 is 9.47 Å². The van der Waals surface area contributed by atoms with Crippen molar-refractivity contribution in [3.63, 3.8) is 0 Å². The highest BCUT2D eigenvalue weighted by atomic mass is 32.2. The fourth-order valence-electron chi connectivity index (χ4n) is 13.4. The second-order valence-corrected chi connectivity index (χ2v) is 25.7. The molecule has 8 aromatic rings. The molecule has 96 heavy (non-hydrogen) atoms. The van der Waals surface area contributed by atoms with Crippen LogP contribution >= 0.6 is 23.5 Å². The molecule has 0 radical (unpaired) electrons. The van der Waals surface area contributed by atoms with Crippen LogP contribution in [0.4, 0.5) is 35.9 Å². The van der Waals surface area contributed by atoms with Crippen molar-refractivity contribution >= 4 is 47.6 Å². The number of alkyl halides is 6. The van der Waals surface area contributed by atoms with Gasteiger partial charge in [-0.15, -0.1) is 0 Å². The second-order valence-electron chi connectivity index (χ2n) is 24.2. The van der Waals surface area contributed by atoms with Crippen molar-refractivity contribution in [2.24, 2.45) is 0 Å². The number of carbonyl (C=O) groups excluding carboxylic acids is 4. The zero-order valence-electron chi connectivity index (χ0n) is 54.2. The van der Waals surface area contributed by atoms with Crippen molar-refractivity contribution < 1.29 is 73.9 Å². The van der Waals surface area contributed by atoms with Gasteiger partial charge in [0.25, 0.3) is 0 Å². The van der Waals surface area contributed by atoms with Crippen LogP contribution in [0.1, 0.15) is 127 Å². The van der Waals surface area contributed by atoms with Crippen molar-refractivity contribution in [2.45, 2.75) is 125 Å². The molecule has 2 amide bonds. The molecular formula is C72H68F6N6O10S2. The van der Waals surface area contributed by atoms with E-state index >= 15 is 0 Å². The molecule has 0 unspecified atom stereocenters. The lowest BCUT2D eigenvalue weighted by Gasteiger charge is -2.46. The fourth-order valence-corrected chi connectivity index (χ4v) is 14.1. The Balaban J connectivity index is 0.000000195. The minimum Gasteiger partial charge on any atom is -0.496 e. The summed E-state index contributed by atoms with van der Waals surface area (Å²) in [5, 5.41) is 0.997. The average molecular weight is 1360 g/mol. The van der Waals surface area contributed by atoms with Crippen LogP contribution in [-0.4, -0.2) is 106 Å². The molecule has 16 nitrogen and oxygen atoms in total. The van der Waals surface area contributed by atoms with Crippen LogP contribution in [0.2, 0.25) is 0 Å². The summed E-state index contributed by atoms with van der Waals surface area (Å²) in [4.78, 5) is 73.4. The SMILES string of the molecule is COC(=O)c1ccc(-c2ccc(OC)c(-c3cnc(SC)nc3CN3C(=O)O[C@@H](c4cc(C)cc(C(F)(F)F)c4)C34CCC4)c2)c(C)c1.COC(=O)c1ccc(-c2ccc(OC)c(-c3cnc(SC)nc3CN3C(=O)O[C@H](c4cc(C)cc(C(F)(F)F)c4)C34CCC4)c2)c(C)c1. The van der Waals surface area contributed by atoms with Gasteiger partial charge in [-0.25, -0.2) is 39.1 Å². The minimum atomic E-state index is -4.53. The monoisotopic (exact) mass is 1350 g/mol. The van der Waals surface area contributed by atoms with Gasteiger partial charge >= 0.3 is 36.5 Å². The van der Waals surface area contributed by atoms with E-state index in [0.29, 0.717) is 115 Å². The molecule has 2 atom stereocenters. The molecule has 500 valence electrons. The van der Waals surface area contributed by atoms with E-state index in [-0.39, 0.29) is 13.1 Å². The lowest BCUT2D eigenvalue weighted by atomic mass is 9.70. The van der Waals surface area contributed by atoms with Gasteiger partial charge in [0.2, 0.25) is 0 Å². The molecule has 4 fully saturated rings. The van der Waals surface area contributed by atoms with Gasteiger partial charge in [-0.05, 0) is 196 Å². The summed E-state index contributed by atoms with van der Waals surface area (Å²) in [6, 6.07) is 29.8. The number of hydrogen-bond donors (Lipinski definition) is 0. The Hall–Kier alpha value is -9.16. The van der Waals surface area contributed by atoms with E-state index in [0.717, 1.165) is 70.5 Å². The first kappa shape index (κ1) is 68.2. The molecule has 0 N–H and O–H groups in total. The summed E-state index contributed by atoms with van der Waals surface area (Å²) in [5.41, 5.74) is 8.21. The largest absolute Gasteiger partial charge is 0.496 e. The van der Waals surface area contributed by atoms with Gasteiger partial charge in [-0.3, -0.25) is 9.80 Å².